The van der Waals surface area contributed by atoms with Crippen LogP contribution in [-0.4, -0.2) is 18.9 Å². The van der Waals surface area contributed by atoms with E-state index in [1.54, 1.807) is 0 Å². The minimum Gasteiger partial charge on any atom is -0.481 e. The first-order valence-electron chi connectivity index (χ1n) is 4.67. The fraction of sp³-hybridized carbons (Fsp3) is 0.889. The summed E-state index contributed by atoms with van der Waals surface area (Å²) in [7, 11) is 5.77. The lowest BCUT2D eigenvalue weighted by molar-refractivity contribution is -0.141. The maximum Gasteiger partial charge on any atom is 0.300 e. The number of rotatable bonds is 1. The van der Waals surface area contributed by atoms with Gasteiger partial charge in [0.2, 0.25) is 0 Å². The lowest BCUT2D eigenvalue weighted by Crippen LogP contribution is -2.24. The Kier molecular flexibility index (Phi) is 3.18. The molecule has 12 heavy (non-hydrogen) atoms. The Morgan fingerprint density at radius 1 is 1.08 bits per heavy atom. The van der Waals surface area contributed by atoms with Crippen molar-refractivity contribution < 1.29 is 9.90 Å². The molecule has 0 bridgehead atoms. The van der Waals surface area contributed by atoms with E-state index < -0.39 is 11.3 Å². The Labute approximate surface area is 74.8 Å². The van der Waals surface area contributed by atoms with Crippen molar-refractivity contribution in [3.63, 3.8) is 0 Å². The number of carboxylic acids is 1. The van der Waals surface area contributed by atoms with Gasteiger partial charge in [-0.1, -0.05) is 32.1 Å². The number of carbonyl (C=O) groups is 1. The van der Waals surface area contributed by atoms with Gasteiger partial charge in [0.15, 0.2) is 0 Å². The summed E-state index contributed by atoms with van der Waals surface area (Å²) < 4.78 is 0. The van der Waals surface area contributed by atoms with E-state index in [0.717, 1.165) is 25.7 Å². The molecule has 0 aromatic rings. The summed E-state index contributed by atoms with van der Waals surface area (Å²) in [6.45, 7) is 0. The van der Waals surface area contributed by atoms with E-state index in [1.165, 1.54) is 6.42 Å². The maximum absolute atomic E-state index is 10.8. The molecule has 0 aliphatic heterocycles. The first-order chi connectivity index (χ1) is 5.65. The summed E-state index contributed by atoms with van der Waals surface area (Å²) in [5, 5.41) is 7.96. The van der Waals surface area contributed by atoms with Crippen LogP contribution in [-0.2, 0) is 4.79 Å². The van der Waals surface area contributed by atoms with Crippen molar-refractivity contribution in [1.29, 1.82) is 0 Å². The second-order valence-corrected chi connectivity index (χ2v) is 3.73. The average molecular weight is 166 g/mol. The van der Waals surface area contributed by atoms with Crippen LogP contribution in [0, 0.1) is 0 Å². The first-order valence-corrected chi connectivity index (χ1v) is 4.67. The molecule has 66 valence electrons. The normalized spacial score (nSPS) is 24.0. The molecule has 0 saturated heterocycles. The Morgan fingerprint density at radius 2 is 1.50 bits per heavy atom. The van der Waals surface area contributed by atoms with Gasteiger partial charge in [-0.05, 0) is 12.8 Å². The Balaban J connectivity index is 2.54. The summed E-state index contributed by atoms with van der Waals surface area (Å²) in [5.41, 5.74) is 0. The molecule has 2 nitrogen and oxygen atoms in total. The average Bonchev–Trinajstić information content (AvgIpc) is 1.97. The SMILES string of the molecule is [B]C1(C(=O)O)CCCCCCC1. The van der Waals surface area contributed by atoms with Gasteiger partial charge in [0.1, 0.15) is 0 Å². The van der Waals surface area contributed by atoms with Crippen LogP contribution in [0.3, 0.4) is 0 Å². The third-order valence-electron chi connectivity index (χ3n) is 2.67. The molecule has 0 amide bonds. The molecule has 0 heterocycles. The van der Waals surface area contributed by atoms with Gasteiger partial charge >= 0.3 is 5.97 Å². The van der Waals surface area contributed by atoms with Gasteiger partial charge in [0.25, 0.3) is 0 Å². The lowest BCUT2D eigenvalue weighted by Gasteiger charge is -2.27. The summed E-state index contributed by atoms with van der Waals surface area (Å²) in [4.78, 5) is 10.8. The highest BCUT2D eigenvalue weighted by Gasteiger charge is 2.31. The van der Waals surface area contributed by atoms with E-state index in [-0.39, 0.29) is 0 Å². The standard InChI is InChI=1S/C9H15BO2/c10-9(8(11)12)6-4-2-1-3-5-7-9/h1-7H2,(H,11,12). The van der Waals surface area contributed by atoms with E-state index >= 15 is 0 Å². The van der Waals surface area contributed by atoms with E-state index in [9.17, 15) is 4.79 Å². The number of hydrogen-bond acceptors (Lipinski definition) is 1. The highest BCUT2D eigenvalue weighted by molar-refractivity contribution is 6.26. The summed E-state index contributed by atoms with van der Waals surface area (Å²) in [6, 6.07) is 0. The third-order valence-corrected chi connectivity index (χ3v) is 2.67. The van der Waals surface area contributed by atoms with Crippen LogP contribution in [0.15, 0.2) is 0 Å². The van der Waals surface area contributed by atoms with E-state index in [2.05, 4.69) is 0 Å². The van der Waals surface area contributed by atoms with Crippen LogP contribution in [0.25, 0.3) is 0 Å². The lowest BCUT2D eigenvalue weighted by atomic mass is 9.62. The Bertz CT molecular complexity index is 160. The van der Waals surface area contributed by atoms with Gasteiger partial charge in [0.05, 0.1) is 7.85 Å². The minimum absolute atomic E-state index is 0.641. The van der Waals surface area contributed by atoms with Crippen molar-refractivity contribution in [1.82, 2.24) is 0 Å². The zero-order valence-corrected chi connectivity index (χ0v) is 7.38. The van der Waals surface area contributed by atoms with Crippen molar-refractivity contribution in [2.45, 2.75) is 50.3 Å². The molecule has 2 radical (unpaired) electrons. The first kappa shape index (κ1) is 9.62. The number of hydrogen-bond donors (Lipinski definition) is 1. The summed E-state index contributed by atoms with van der Waals surface area (Å²) in [5.74, 6) is -0.829. The highest BCUT2D eigenvalue weighted by Crippen LogP contribution is 2.37. The molecule has 1 saturated carbocycles. The van der Waals surface area contributed by atoms with Crippen LogP contribution in [0.1, 0.15) is 44.9 Å². The van der Waals surface area contributed by atoms with Gasteiger partial charge in [0, 0.05) is 5.31 Å². The summed E-state index contributed by atoms with van der Waals surface area (Å²) in [6.07, 6.45) is 6.70. The highest BCUT2D eigenvalue weighted by atomic mass is 16.4. The van der Waals surface area contributed by atoms with Crippen LogP contribution < -0.4 is 0 Å². The zero-order valence-electron chi connectivity index (χ0n) is 7.38. The fourth-order valence-electron chi connectivity index (χ4n) is 1.75. The molecule has 1 aliphatic carbocycles. The largest absolute Gasteiger partial charge is 0.481 e. The predicted molar refractivity (Wildman–Crippen MR) is 48.4 cm³/mol. The minimum atomic E-state index is -0.930. The van der Waals surface area contributed by atoms with Gasteiger partial charge in [-0.25, -0.2) is 0 Å². The molecule has 1 N–H and O–H groups in total. The van der Waals surface area contributed by atoms with Crippen LogP contribution in [0.5, 0.6) is 0 Å². The fourth-order valence-corrected chi connectivity index (χ4v) is 1.75. The smallest absolute Gasteiger partial charge is 0.300 e. The third kappa shape index (κ3) is 2.26. The van der Waals surface area contributed by atoms with Crippen molar-refractivity contribution in [2.75, 3.05) is 0 Å². The van der Waals surface area contributed by atoms with Crippen molar-refractivity contribution in [2.24, 2.45) is 0 Å². The van der Waals surface area contributed by atoms with Crippen molar-refractivity contribution in [3.05, 3.63) is 0 Å². The van der Waals surface area contributed by atoms with Gasteiger partial charge in [-0.3, -0.25) is 4.79 Å². The zero-order chi connectivity index (χ0) is 9.03. The van der Waals surface area contributed by atoms with Crippen LogP contribution >= 0.6 is 0 Å². The van der Waals surface area contributed by atoms with Crippen LogP contribution in [0.4, 0.5) is 0 Å². The Morgan fingerprint density at radius 3 is 1.92 bits per heavy atom. The molecule has 1 fully saturated rings. The van der Waals surface area contributed by atoms with Crippen molar-refractivity contribution in [3.8, 4) is 0 Å². The quantitative estimate of drug-likeness (QED) is 0.606. The molecule has 0 unspecified atom stereocenters. The second-order valence-electron chi connectivity index (χ2n) is 3.73. The van der Waals surface area contributed by atoms with Crippen LogP contribution in [0.2, 0.25) is 5.31 Å². The van der Waals surface area contributed by atoms with Crippen molar-refractivity contribution >= 4 is 13.8 Å². The molecule has 1 aliphatic rings. The van der Waals surface area contributed by atoms with E-state index in [0.29, 0.717) is 12.8 Å². The summed E-state index contributed by atoms with van der Waals surface area (Å²) >= 11 is 0. The monoisotopic (exact) mass is 166 g/mol. The second kappa shape index (κ2) is 3.97. The molecule has 0 aromatic heterocycles. The maximum atomic E-state index is 10.8. The van der Waals surface area contributed by atoms with Gasteiger partial charge in [-0.15, -0.1) is 0 Å². The molecule has 3 heteroatoms. The predicted octanol–water partition coefficient (Wildman–Crippen LogP) is 2.14. The molecule has 1 rings (SSSR count). The topological polar surface area (TPSA) is 37.3 Å². The molecular weight excluding hydrogens is 151 g/mol. The van der Waals surface area contributed by atoms with E-state index in [4.69, 9.17) is 13.0 Å². The van der Waals surface area contributed by atoms with Gasteiger partial charge < -0.3 is 5.11 Å². The molecule has 0 atom stereocenters. The van der Waals surface area contributed by atoms with Gasteiger partial charge in [-0.2, -0.15) is 0 Å². The van der Waals surface area contributed by atoms with E-state index in [1.807, 2.05) is 0 Å². The number of aliphatic carboxylic acids is 1. The molecule has 0 aromatic carbocycles. The Hall–Kier alpha value is -0.465. The molecular formula is C9H15BO2. The number of carboxylic acid groups (broad SMARTS) is 1. The molecule has 0 spiro atoms.